The van der Waals surface area contributed by atoms with E-state index in [-0.39, 0.29) is 0 Å². The Balaban J connectivity index is 1.93. The molecule has 1 aromatic carbocycles. The summed E-state index contributed by atoms with van der Waals surface area (Å²) in [5, 5.41) is 11.6. The molecule has 0 atom stereocenters. The largest absolute Gasteiger partial charge is 0.487 e. The Morgan fingerprint density at radius 2 is 2.30 bits per heavy atom. The highest BCUT2D eigenvalue weighted by Gasteiger charge is 2.14. The number of nitrogens with one attached hydrogen (secondary N) is 1. The highest BCUT2D eigenvalue weighted by Crippen LogP contribution is 2.36. The Morgan fingerprint density at radius 1 is 1.45 bits per heavy atom. The molecule has 2 heterocycles. The molecule has 2 aromatic rings. The zero-order chi connectivity index (χ0) is 14.1. The number of aromatic nitrogens is 3. The monoisotopic (exact) mass is 326 g/mol. The van der Waals surface area contributed by atoms with Crippen LogP contribution in [0.2, 0.25) is 10.0 Å². The fraction of sp³-hybridized carbons (Fsp3) is 0.0833. The second kappa shape index (κ2) is 5.40. The summed E-state index contributed by atoms with van der Waals surface area (Å²) < 4.78 is 7.49. The molecular formula is C12H8Cl2N4OS. The second-order valence-corrected chi connectivity index (χ2v) is 5.29. The number of aromatic amines is 1. The Labute approximate surface area is 129 Å². The fourth-order valence-corrected chi connectivity index (χ4v) is 2.48. The highest BCUT2D eigenvalue weighted by molar-refractivity contribution is 7.71. The number of hydrogen-bond donors (Lipinski definition) is 1. The lowest BCUT2D eigenvalue weighted by molar-refractivity contribution is 0.353. The number of fused-ring (bicyclic) bond motifs is 1. The standard InChI is InChI=1S/C12H8Cl2N4OS/c13-9-2-8-1-7(5-19-11(8)10(14)3-9)4-16-18-6-15-17-12(18)20/h1-4,6H,5H2,(H,17,20)/b16-4+. The van der Waals surface area contributed by atoms with Crippen molar-refractivity contribution in [1.82, 2.24) is 14.9 Å². The zero-order valence-electron chi connectivity index (χ0n) is 10.0. The molecule has 0 amide bonds. The second-order valence-electron chi connectivity index (χ2n) is 4.06. The Morgan fingerprint density at radius 3 is 3.05 bits per heavy atom. The third-order valence-electron chi connectivity index (χ3n) is 2.64. The van der Waals surface area contributed by atoms with Gasteiger partial charge in [0.15, 0.2) is 0 Å². The zero-order valence-corrected chi connectivity index (χ0v) is 12.3. The number of halogens is 2. The van der Waals surface area contributed by atoms with Gasteiger partial charge in [0.05, 0.1) is 11.2 Å². The van der Waals surface area contributed by atoms with E-state index in [1.54, 1.807) is 18.3 Å². The van der Waals surface area contributed by atoms with Crippen LogP contribution in [-0.2, 0) is 0 Å². The minimum absolute atomic E-state index is 0.378. The van der Waals surface area contributed by atoms with Crippen molar-refractivity contribution in [1.29, 1.82) is 0 Å². The van der Waals surface area contributed by atoms with Crippen molar-refractivity contribution in [3.8, 4) is 5.75 Å². The molecule has 3 rings (SSSR count). The first-order valence-corrected chi connectivity index (χ1v) is 6.79. The van der Waals surface area contributed by atoms with Crippen LogP contribution >= 0.6 is 35.4 Å². The predicted octanol–water partition coefficient (Wildman–Crippen LogP) is 3.56. The van der Waals surface area contributed by atoms with Gasteiger partial charge in [-0.25, -0.2) is 0 Å². The average Bonchev–Trinajstić information content (AvgIpc) is 2.81. The van der Waals surface area contributed by atoms with E-state index in [0.29, 0.717) is 27.2 Å². The van der Waals surface area contributed by atoms with Crippen LogP contribution in [0.15, 0.2) is 29.1 Å². The van der Waals surface area contributed by atoms with Crippen LogP contribution in [0.4, 0.5) is 0 Å². The van der Waals surface area contributed by atoms with Crippen molar-refractivity contribution in [3.63, 3.8) is 0 Å². The third kappa shape index (κ3) is 2.63. The maximum Gasteiger partial charge on any atom is 0.216 e. The van der Waals surface area contributed by atoms with Gasteiger partial charge in [-0.1, -0.05) is 23.2 Å². The van der Waals surface area contributed by atoms with Crippen LogP contribution in [0, 0.1) is 4.77 Å². The van der Waals surface area contributed by atoms with E-state index >= 15 is 0 Å². The van der Waals surface area contributed by atoms with Crippen molar-refractivity contribution >= 4 is 47.7 Å². The first-order chi connectivity index (χ1) is 9.63. The molecule has 0 saturated carbocycles. The van der Waals surface area contributed by atoms with E-state index in [1.807, 2.05) is 6.08 Å². The summed E-state index contributed by atoms with van der Waals surface area (Å²) in [5.41, 5.74) is 1.70. The highest BCUT2D eigenvalue weighted by atomic mass is 35.5. The molecule has 0 saturated heterocycles. The summed E-state index contributed by atoms with van der Waals surface area (Å²) >= 11 is 17.0. The molecule has 8 heteroatoms. The van der Waals surface area contributed by atoms with Crippen molar-refractivity contribution in [3.05, 3.63) is 44.4 Å². The summed E-state index contributed by atoms with van der Waals surface area (Å²) in [6.07, 6.45) is 5.07. The van der Waals surface area contributed by atoms with Crippen molar-refractivity contribution in [2.24, 2.45) is 5.10 Å². The topological polar surface area (TPSA) is 55.2 Å². The molecule has 1 aliphatic heterocycles. The molecule has 0 radical (unpaired) electrons. The quantitative estimate of drug-likeness (QED) is 0.678. The molecule has 1 aromatic heterocycles. The Kier molecular flexibility index (Phi) is 3.60. The molecule has 5 nitrogen and oxygen atoms in total. The first-order valence-electron chi connectivity index (χ1n) is 5.62. The minimum atomic E-state index is 0.378. The molecule has 0 fully saturated rings. The molecule has 102 valence electrons. The van der Waals surface area contributed by atoms with Gasteiger partial charge in [0.1, 0.15) is 18.7 Å². The third-order valence-corrected chi connectivity index (χ3v) is 3.42. The molecule has 1 aliphatic rings. The van der Waals surface area contributed by atoms with Crippen LogP contribution in [-0.4, -0.2) is 27.7 Å². The normalized spacial score (nSPS) is 14.0. The van der Waals surface area contributed by atoms with Crippen LogP contribution in [0.25, 0.3) is 6.08 Å². The van der Waals surface area contributed by atoms with Crippen molar-refractivity contribution < 1.29 is 4.74 Å². The SMILES string of the molecule is S=c1[nH]ncn1/N=C/C1=Cc2cc(Cl)cc(Cl)c2OC1. The van der Waals surface area contributed by atoms with Gasteiger partial charge in [-0.05, 0) is 30.4 Å². The molecule has 1 N–H and O–H groups in total. The summed E-state index contributed by atoms with van der Waals surface area (Å²) in [7, 11) is 0. The Bertz CT molecular complexity index is 778. The lowest BCUT2D eigenvalue weighted by Crippen LogP contribution is -2.09. The number of rotatable bonds is 2. The predicted molar refractivity (Wildman–Crippen MR) is 81.2 cm³/mol. The minimum Gasteiger partial charge on any atom is -0.487 e. The van der Waals surface area contributed by atoms with Crippen molar-refractivity contribution in [2.45, 2.75) is 0 Å². The lowest BCUT2D eigenvalue weighted by Gasteiger charge is -2.17. The summed E-state index contributed by atoms with van der Waals surface area (Å²) in [4.78, 5) is 0. The fourth-order valence-electron chi connectivity index (χ4n) is 1.77. The maximum atomic E-state index is 6.07. The first kappa shape index (κ1) is 13.4. The Hall–Kier alpha value is -1.63. The molecule has 0 aliphatic carbocycles. The molecule has 0 bridgehead atoms. The van der Waals surface area contributed by atoms with E-state index in [0.717, 1.165) is 11.1 Å². The number of benzene rings is 1. The van der Waals surface area contributed by atoms with E-state index in [9.17, 15) is 0 Å². The van der Waals surface area contributed by atoms with E-state index < -0.39 is 0 Å². The van der Waals surface area contributed by atoms with Gasteiger partial charge < -0.3 is 4.74 Å². The van der Waals surface area contributed by atoms with Gasteiger partial charge >= 0.3 is 0 Å². The molecule has 0 spiro atoms. The van der Waals surface area contributed by atoms with Gasteiger partial charge in [-0.2, -0.15) is 14.9 Å². The smallest absolute Gasteiger partial charge is 0.216 e. The van der Waals surface area contributed by atoms with Crippen LogP contribution in [0.1, 0.15) is 5.56 Å². The summed E-state index contributed by atoms with van der Waals surface area (Å²) in [6, 6.07) is 3.44. The van der Waals surface area contributed by atoms with Gasteiger partial charge in [0.25, 0.3) is 0 Å². The van der Waals surface area contributed by atoms with Gasteiger partial charge in [0.2, 0.25) is 4.77 Å². The van der Waals surface area contributed by atoms with E-state index in [2.05, 4.69) is 15.3 Å². The van der Waals surface area contributed by atoms with Gasteiger partial charge in [0, 0.05) is 16.2 Å². The van der Waals surface area contributed by atoms with Crippen LogP contribution in [0.3, 0.4) is 0 Å². The average molecular weight is 327 g/mol. The van der Waals surface area contributed by atoms with E-state index in [1.165, 1.54) is 11.0 Å². The molecule has 20 heavy (non-hydrogen) atoms. The van der Waals surface area contributed by atoms with Gasteiger partial charge in [-0.15, -0.1) is 0 Å². The van der Waals surface area contributed by atoms with E-state index in [4.69, 9.17) is 40.2 Å². The number of H-pyrrole nitrogens is 1. The number of ether oxygens (including phenoxy) is 1. The van der Waals surface area contributed by atoms with Crippen LogP contribution in [0.5, 0.6) is 5.75 Å². The van der Waals surface area contributed by atoms with Crippen molar-refractivity contribution in [2.75, 3.05) is 6.61 Å². The lowest BCUT2D eigenvalue weighted by atomic mass is 10.1. The summed E-state index contributed by atoms with van der Waals surface area (Å²) in [6.45, 7) is 0.378. The number of nitrogens with zero attached hydrogens (tertiary/aromatic N) is 3. The maximum absolute atomic E-state index is 6.07. The molecule has 0 unspecified atom stereocenters. The van der Waals surface area contributed by atoms with Crippen LogP contribution < -0.4 is 4.74 Å². The number of hydrogen-bond acceptors (Lipinski definition) is 4. The summed E-state index contributed by atoms with van der Waals surface area (Å²) in [5.74, 6) is 0.633. The van der Waals surface area contributed by atoms with Gasteiger partial charge in [-0.3, -0.25) is 5.10 Å². The molecular weight excluding hydrogens is 319 g/mol.